The molecule has 0 bridgehead atoms. The number of halogens is 3. The Labute approximate surface area is 119 Å². The fraction of sp³-hybridized carbons (Fsp3) is 0.429. The molecule has 1 aromatic carbocycles. The zero-order valence-corrected chi connectivity index (χ0v) is 11.4. The second-order valence-electron chi connectivity index (χ2n) is 4.93. The smallest absolute Gasteiger partial charge is 0.353 e. The van der Waals surface area contributed by atoms with Gasteiger partial charge in [-0.25, -0.2) is 0 Å². The third-order valence-electron chi connectivity index (χ3n) is 3.46. The number of amides is 2. The van der Waals surface area contributed by atoms with Crippen LogP contribution in [0.3, 0.4) is 0 Å². The number of hydrogen-bond donors (Lipinski definition) is 1. The molecule has 0 radical (unpaired) electrons. The van der Waals surface area contributed by atoms with Crippen LogP contribution in [0.1, 0.15) is 18.1 Å². The summed E-state index contributed by atoms with van der Waals surface area (Å²) in [6.45, 7) is 2.42. The maximum Gasteiger partial charge on any atom is 0.416 e. The lowest BCUT2D eigenvalue weighted by Gasteiger charge is -2.32. The molecule has 21 heavy (non-hydrogen) atoms. The number of alkyl halides is 3. The zero-order chi connectivity index (χ0) is 15.6. The van der Waals surface area contributed by atoms with Crippen LogP contribution in [0.5, 0.6) is 0 Å². The molecule has 2 amide bonds. The summed E-state index contributed by atoms with van der Waals surface area (Å²) in [5.74, 6) is -0.487. The number of carbonyl (C=O) groups is 2. The maximum atomic E-state index is 12.4. The first kappa shape index (κ1) is 15.3. The topological polar surface area (TPSA) is 49.4 Å². The molecule has 0 saturated carbocycles. The van der Waals surface area contributed by atoms with E-state index in [1.165, 1.54) is 17.0 Å². The van der Waals surface area contributed by atoms with Gasteiger partial charge in [0.1, 0.15) is 6.04 Å². The molecule has 7 heteroatoms. The third-order valence-corrected chi connectivity index (χ3v) is 3.46. The fourth-order valence-corrected chi connectivity index (χ4v) is 2.21. The molecule has 1 aliphatic heterocycles. The molecule has 1 fully saturated rings. The van der Waals surface area contributed by atoms with Crippen LogP contribution in [0, 0.1) is 0 Å². The second kappa shape index (κ2) is 5.75. The standard InChI is InChI=1S/C14H15F3N2O2/c1-9-13(21)18-6-7-19(9)12(20)8-10-2-4-11(5-3-10)14(15,16)17/h2-5,9H,6-8H2,1H3,(H,18,21). The minimum Gasteiger partial charge on any atom is -0.353 e. The third kappa shape index (κ3) is 3.53. The minimum absolute atomic E-state index is 0.0181. The zero-order valence-electron chi connectivity index (χ0n) is 11.4. The van der Waals surface area contributed by atoms with Gasteiger partial charge in [0.2, 0.25) is 11.8 Å². The summed E-state index contributed by atoms with van der Waals surface area (Å²) >= 11 is 0. The van der Waals surface area contributed by atoms with Crippen molar-refractivity contribution in [3.63, 3.8) is 0 Å². The van der Waals surface area contributed by atoms with Crippen LogP contribution in [0.4, 0.5) is 13.2 Å². The van der Waals surface area contributed by atoms with Crippen molar-refractivity contribution >= 4 is 11.8 Å². The first-order valence-corrected chi connectivity index (χ1v) is 6.52. The van der Waals surface area contributed by atoms with Crippen LogP contribution in [0.15, 0.2) is 24.3 Å². The van der Waals surface area contributed by atoms with E-state index in [0.29, 0.717) is 18.7 Å². The molecular weight excluding hydrogens is 285 g/mol. The Morgan fingerprint density at radius 2 is 1.95 bits per heavy atom. The average Bonchev–Trinajstić information content (AvgIpc) is 2.41. The number of rotatable bonds is 2. The van der Waals surface area contributed by atoms with E-state index in [0.717, 1.165) is 12.1 Å². The summed E-state index contributed by atoms with van der Waals surface area (Å²) in [6, 6.07) is 3.93. The van der Waals surface area contributed by atoms with E-state index in [4.69, 9.17) is 0 Å². The number of nitrogens with one attached hydrogen (secondary N) is 1. The summed E-state index contributed by atoms with van der Waals surface area (Å²) in [6.07, 6.45) is -4.40. The molecule has 114 valence electrons. The van der Waals surface area contributed by atoms with Crippen LogP contribution >= 0.6 is 0 Å². The highest BCUT2D eigenvalue weighted by Gasteiger charge is 2.31. The van der Waals surface area contributed by atoms with Crippen molar-refractivity contribution < 1.29 is 22.8 Å². The Hall–Kier alpha value is -2.05. The highest BCUT2D eigenvalue weighted by atomic mass is 19.4. The van der Waals surface area contributed by atoms with Crippen LogP contribution in [-0.2, 0) is 22.2 Å². The predicted octanol–water partition coefficient (Wildman–Crippen LogP) is 1.59. The Balaban J connectivity index is 2.04. The van der Waals surface area contributed by atoms with Crippen LogP contribution < -0.4 is 5.32 Å². The minimum atomic E-state index is -4.39. The summed E-state index contributed by atoms with van der Waals surface area (Å²) in [5.41, 5.74) is -0.254. The first-order valence-electron chi connectivity index (χ1n) is 6.52. The molecule has 1 N–H and O–H groups in total. The number of piperazine rings is 1. The second-order valence-corrected chi connectivity index (χ2v) is 4.93. The van der Waals surface area contributed by atoms with E-state index in [1.54, 1.807) is 6.92 Å². The van der Waals surface area contributed by atoms with E-state index in [2.05, 4.69) is 5.32 Å². The van der Waals surface area contributed by atoms with E-state index >= 15 is 0 Å². The van der Waals surface area contributed by atoms with Gasteiger partial charge in [0, 0.05) is 13.1 Å². The van der Waals surface area contributed by atoms with Crippen molar-refractivity contribution in [3.05, 3.63) is 35.4 Å². The SMILES string of the molecule is CC1C(=O)NCCN1C(=O)Cc1ccc(C(F)(F)F)cc1. The van der Waals surface area contributed by atoms with Gasteiger partial charge in [0.25, 0.3) is 0 Å². The molecule has 1 aromatic rings. The maximum absolute atomic E-state index is 12.4. The van der Waals surface area contributed by atoms with Gasteiger partial charge in [-0.05, 0) is 24.6 Å². The van der Waals surface area contributed by atoms with Crippen molar-refractivity contribution in [2.24, 2.45) is 0 Å². The number of carbonyl (C=O) groups excluding carboxylic acids is 2. The number of benzene rings is 1. The van der Waals surface area contributed by atoms with Gasteiger partial charge in [0.05, 0.1) is 12.0 Å². The molecule has 0 spiro atoms. The lowest BCUT2D eigenvalue weighted by Crippen LogP contribution is -2.56. The van der Waals surface area contributed by atoms with E-state index in [9.17, 15) is 22.8 Å². The van der Waals surface area contributed by atoms with Crippen LogP contribution in [0.2, 0.25) is 0 Å². The van der Waals surface area contributed by atoms with Crippen LogP contribution in [0.25, 0.3) is 0 Å². The van der Waals surface area contributed by atoms with Crippen molar-refractivity contribution in [3.8, 4) is 0 Å². The van der Waals surface area contributed by atoms with Gasteiger partial charge in [-0.2, -0.15) is 13.2 Å². The van der Waals surface area contributed by atoms with Gasteiger partial charge in [-0.3, -0.25) is 9.59 Å². The Kier molecular flexibility index (Phi) is 4.20. The molecule has 1 atom stereocenters. The molecule has 2 rings (SSSR count). The van der Waals surface area contributed by atoms with Gasteiger partial charge in [0.15, 0.2) is 0 Å². The quantitative estimate of drug-likeness (QED) is 0.902. The summed E-state index contributed by atoms with van der Waals surface area (Å²) in [4.78, 5) is 25.1. The molecular formula is C14H15F3N2O2. The monoisotopic (exact) mass is 300 g/mol. The predicted molar refractivity (Wildman–Crippen MR) is 69.3 cm³/mol. The highest BCUT2D eigenvalue weighted by Crippen LogP contribution is 2.29. The molecule has 1 unspecified atom stereocenters. The van der Waals surface area contributed by atoms with Gasteiger partial charge < -0.3 is 10.2 Å². The van der Waals surface area contributed by atoms with E-state index < -0.39 is 17.8 Å². The van der Waals surface area contributed by atoms with Gasteiger partial charge in [-0.15, -0.1) is 0 Å². The lowest BCUT2D eigenvalue weighted by molar-refractivity contribution is -0.142. The van der Waals surface area contributed by atoms with E-state index in [-0.39, 0.29) is 18.2 Å². The van der Waals surface area contributed by atoms with Gasteiger partial charge in [-0.1, -0.05) is 12.1 Å². The summed E-state index contributed by atoms with van der Waals surface area (Å²) in [7, 11) is 0. The number of hydrogen-bond acceptors (Lipinski definition) is 2. The molecule has 0 aromatic heterocycles. The fourth-order valence-electron chi connectivity index (χ4n) is 2.21. The van der Waals surface area contributed by atoms with Crippen molar-refractivity contribution in [1.29, 1.82) is 0 Å². The largest absolute Gasteiger partial charge is 0.416 e. The van der Waals surface area contributed by atoms with Crippen molar-refractivity contribution in [2.45, 2.75) is 25.6 Å². The number of nitrogens with zero attached hydrogens (tertiary/aromatic N) is 1. The lowest BCUT2D eigenvalue weighted by atomic mass is 10.1. The van der Waals surface area contributed by atoms with Crippen LogP contribution in [-0.4, -0.2) is 35.8 Å². The molecule has 1 aliphatic rings. The average molecular weight is 300 g/mol. The normalized spacial score (nSPS) is 19.3. The van der Waals surface area contributed by atoms with Crippen molar-refractivity contribution in [2.75, 3.05) is 13.1 Å². The van der Waals surface area contributed by atoms with E-state index in [1.807, 2.05) is 0 Å². The summed E-state index contributed by atoms with van der Waals surface area (Å²) < 4.78 is 37.3. The molecule has 0 aliphatic carbocycles. The van der Waals surface area contributed by atoms with Gasteiger partial charge >= 0.3 is 6.18 Å². The highest BCUT2D eigenvalue weighted by molar-refractivity contribution is 5.89. The molecule has 1 heterocycles. The Bertz CT molecular complexity index is 540. The molecule has 1 saturated heterocycles. The Morgan fingerprint density at radius 1 is 1.33 bits per heavy atom. The molecule has 4 nitrogen and oxygen atoms in total. The van der Waals surface area contributed by atoms with Crippen molar-refractivity contribution in [1.82, 2.24) is 10.2 Å². The Morgan fingerprint density at radius 3 is 2.52 bits per heavy atom. The summed E-state index contributed by atoms with van der Waals surface area (Å²) in [5, 5.41) is 2.65. The first-order chi connectivity index (χ1) is 9.79.